The number of carbonyl (C=O) groups is 1. The third kappa shape index (κ3) is 4.71. The quantitative estimate of drug-likeness (QED) is 0.759. The maximum Gasteiger partial charge on any atom is 0.318 e. The summed E-state index contributed by atoms with van der Waals surface area (Å²) in [6.07, 6.45) is 6.76. The summed E-state index contributed by atoms with van der Waals surface area (Å²) in [6, 6.07) is 20.3. The molecule has 2 fully saturated rings. The molecule has 2 amide bonds. The van der Waals surface area contributed by atoms with E-state index < -0.39 is 0 Å². The van der Waals surface area contributed by atoms with Gasteiger partial charge in [0, 0.05) is 18.6 Å². The number of hydrogen-bond acceptors (Lipinski definition) is 1. The van der Waals surface area contributed by atoms with Gasteiger partial charge in [-0.15, -0.1) is 0 Å². The number of rotatable bonds is 5. The molecule has 27 heavy (non-hydrogen) atoms. The fourth-order valence-corrected chi connectivity index (χ4v) is 4.19. The second-order valence-corrected chi connectivity index (χ2v) is 8.25. The maximum absolute atomic E-state index is 12.9. The average molecular weight is 363 g/mol. The van der Waals surface area contributed by atoms with Gasteiger partial charge in [-0.25, -0.2) is 4.79 Å². The van der Waals surface area contributed by atoms with E-state index in [1.165, 1.54) is 16.7 Å². The highest BCUT2D eigenvalue weighted by molar-refractivity contribution is 5.75. The van der Waals surface area contributed by atoms with E-state index in [4.69, 9.17) is 0 Å². The van der Waals surface area contributed by atoms with Gasteiger partial charge in [-0.3, -0.25) is 0 Å². The molecule has 0 atom stereocenters. The third-order valence-electron chi connectivity index (χ3n) is 6.05. The molecule has 2 aromatic rings. The van der Waals surface area contributed by atoms with Gasteiger partial charge in [-0.2, -0.15) is 0 Å². The second-order valence-electron chi connectivity index (χ2n) is 8.25. The zero-order chi connectivity index (χ0) is 18.6. The Morgan fingerprint density at radius 3 is 2.22 bits per heavy atom. The Kier molecular flexibility index (Phi) is 5.47. The molecule has 0 saturated heterocycles. The lowest BCUT2D eigenvalue weighted by atomic mass is 9.81. The highest BCUT2D eigenvalue weighted by atomic mass is 16.2. The van der Waals surface area contributed by atoms with Gasteiger partial charge in [0.05, 0.1) is 0 Å². The van der Waals surface area contributed by atoms with Crippen molar-refractivity contribution in [3.8, 4) is 0 Å². The molecule has 3 nitrogen and oxygen atoms in total. The van der Waals surface area contributed by atoms with Crippen LogP contribution in [0.2, 0.25) is 0 Å². The van der Waals surface area contributed by atoms with Crippen LogP contribution in [0.5, 0.6) is 0 Å². The largest absolute Gasteiger partial charge is 0.335 e. The number of hydrogen-bond donors (Lipinski definition) is 1. The number of urea groups is 1. The van der Waals surface area contributed by atoms with Crippen LogP contribution in [-0.4, -0.2) is 23.0 Å². The van der Waals surface area contributed by atoms with Gasteiger partial charge in [0.1, 0.15) is 0 Å². The van der Waals surface area contributed by atoms with Crippen molar-refractivity contribution in [2.24, 2.45) is 0 Å². The van der Waals surface area contributed by atoms with E-state index >= 15 is 0 Å². The summed E-state index contributed by atoms with van der Waals surface area (Å²) in [5.74, 6) is 0.634. The molecule has 4 rings (SSSR count). The minimum atomic E-state index is 0.126. The fourth-order valence-electron chi connectivity index (χ4n) is 4.19. The second kappa shape index (κ2) is 8.16. The number of amides is 2. The smallest absolute Gasteiger partial charge is 0.318 e. The van der Waals surface area contributed by atoms with Gasteiger partial charge in [0.25, 0.3) is 0 Å². The maximum atomic E-state index is 12.9. The van der Waals surface area contributed by atoms with Crippen molar-refractivity contribution in [3.63, 3.8) is 0 Å². The summed E-state index contributed by atoms with van der Waals surface area (Å²) in [4.78, 5) is 15.0. The average Bonchev–Trinajstić information content (AvgIpc) is 3.52. The lowest BCUT2D eigenvalue weighted by Crippen LogP contribution is -2.47. The molecule has 2 aliphatic carbocycles. The molecule has 142 valence electrons. The van der Waals surface area contributed by atoms with Crippen LogP contribution < -0.4 is 5.32 Å². The van der Waals surface area contributed by atoms with Gasteiger partial charge in [-0.05, 0) is 62.5 Å². The Morgan fingerprint density at radius 1 is 0.926 bits per heavy atom. The van der Waals surface area contributed by atoms with E-state index in [1.807, 2.05) is 0 Å². The van der Waals surface area contributed by atoms with Crippen molar-refractivity contribution < 1.29 is 4.79 Å². The molecule has 0 aliphatic heterocycles. The SMILES string of the molecule is Cc1ccc(CN(C(=O)NC2CC2)C2CCC(c3ccccc3)CC2)cc1. The molecule has 0 bridgehead atoms. The van der Waals surface area contributed by atoms with E-state index in [9.17, 15) is 4.79 Å². The van der Waals surface area contributed by atoms with Gasteiger partial charge in [0.2, 0.25) is 0 Å². The van der Waals surface area contributed by atoms with Crippen LogP contribution in [0.1, 0.15) is 61.1 Å². The lowest BCUT2D eigenvalue weighted by Gasteiger charge is -2.37. The Labute approximate surface area is 162 Å². The molecule has 0 radical (unpaired) electrons. The highest BCUT2D eigenvalue weighted by Gasteiger charge is 2.32. The van der Waals surface area contributed by atoms with Crippen LogP contribution in [0.4, 0.5) is 4.79 Å². The molecule has 2 saturated carbocycles. The van der Waals surface area contributed by atoms with Crippen LogP contribution in [0.3, 0.4) is 0 Å². The van der Waals surface area contributed by atoms with E-state index in [-0.39, 0.29) is 6.03 Å². The first-order valence-corrected chi connectivity index (χ1v) is 10.4. The lowest BCUT2D eigenvalue weighted by molar-refractivity contribution is 0.146. The van der Waals surface area contributed by atoms with Gasteiger partial charge in [-0.1, -0.05) is 60.2 Å². The molecule has 0 unspecified atom stereocenters. The zero-order valence-corrected chi connectivity index (χ0v) is 16.2. The zero-order valence-electron chi connectivity index (χ0n) is 16.2. The van der Waals surface area contributed by atoms with Crippen molar-refractivity contribution in [2.45, 2.75) is 70.0 Å². The predicted octanol–water partition coefficient (Wildman–Crippen LogP) is 5.40. The standard InChI is InChI=1S/C24H30N2O/c1-18-7-9-19(10-8-18)17-26(24(27)25-22-13-14-22)23-15-11-21(12-16-23)20-5-3-2-4-6-20/h2-10,21-23H,11-17H2,1H3,(H,25,27). The first-order chi connectivity index (χ1) is 13.2. The molecule has 2 aliphatic rings. The Bertz CT molecular complexity index is 744. The van der Waals surface area contributed by atoms with Gasteiger partial charge >= 0.3 is 6.03 Å². The summed E-state index contributed by atoms with van der Waals surface area (Å²) in [7, 11) is 0. The fraction of sp³-hybridized carbons (Fsp3) is 0.458. The molecule has 2 aromatic carbocycles. The topological polar surface area (TPSA) is 32.3 Å². The molecule has 3 heteroatoms. The van der Waals surface area contributed by atoms with Crippen molar-refractivity contribution in [1.82, 2.24) is 10.2 Å². The Hall–Kier alpha value is -2.29. The molecule has 1 N–H and O–H groups in total. The number of carbonyl (C=O) groups excluding carboxylic acids is 1. The minimum absolute atomic E-state index is 0.126. The summed E-state index contributed by atoms with van der Waals surface area (Å²) in [5, 5.41) is 3.21. The van der Waals surface area contributed by atoms with E-state index in [0.717, 1.165) is 38.5 Å². The van der Waals surface area contributed by atoms with Crippen molar-refractivity contribution in [3.05, 3.63) is 71.3 Å². The number of nitrogens with zero attached hydrogens (tertiary/aromatic N) is 1. The van der Waals surface area contributed by atoms with Crippen LogP contribution in [0.25, 0.3) is 0 Å². The Balaban J connectivity index is 1.43. The summed E-state index contributed by atoms with van der Waals surface area (Å²) in [6.45, 7) is 2.81. The van der Waals surface area contributed by atoms with E-state index in [2.05, 4.69) is 71.7 Å². The number of aryl methyl sites for hydroxylation is 1. The van der Waals surface area contributed by atoms with Crippen molar-refractivity contribution >= 4 is 6.03 Å². The minimum Gasteiger partial charge on any atom is -0.335 e. The van der Waals surface area contributed by atoms with Gasteiger partial charge < -0.3 is 10.2 Å². The van der Waals surface area contributed by atoms with Crippen molar-refractivity contribution in [1.29, 1.82) is 0 Å². The molecular weight excluding hydrogens is 332 g/mol. The molecule has 0 heterocycles. The first-order valence-electron chi connectivity index (χ1n) is 10.4. The summed E-state index contributed by atoms with van der Waals surface area (Å²) >= 11 is 0. The molecule has 0 spiro atoms. The number of benzene rings is 2. The Morgan fingerprint density at radius 2 is 1.59 bits per heavy atom. The van der Waals surface area contributed by atoms with Crippen LogP contribution in [-0.2, 0) is 6.54 Å². The highest BCUT2D eigenvalue weighted by Crippen LogP contribution is 2.35. The third-order valence-corrected chi connectivity index (χ3v) is 6.05. The molecule has 0 aromatic heterocycles. The van der Waals surface area contributed by atoms with E-state index in [1.54, 1.807) is 0 Å². The monoisotopic (exact) mass is 362 g/mol. The van der Waals surface area contributed by atoms with Crippen molar-refractivity contribution in [2.75, 3.05) is 0 Å². The normalized spacial score (nSPS) is 22.3. The van der Waals surface area contributed by atoms with Gasteiger partial charge in [0.15, 0.2) is 0 Å². The first kappa shape index (κ1) is 18.1. The molecular formula is C24H30N2O. The van der Waals surface area contributed by atoms with Crippen LogP contribution in [0.15, 0.2) is 54.6 Å². The predicted molar refractivity (Wildman–Crippen MR) is 110 cm³/mol. The summed E-state index contributed by atoms with van der Waals surface area (Å²) < 4.78 is 0. The van der Waals surface area contributed by atoms with Crippen LogP contribution in [0, 0.1) is 6.92 Å². The summed E-state index contributed by atoms with van der Waals surface area (Å²) in [5.41, 5.74) is 3.93. The number of nitrogens with one attached hydrogen (secondary N) is 1. The van der Waals surface area contributed by atoms with E-state index in [0.29, 0.717) is 24.5 Å². The van der Waals surface area contributed by atoms with Crippen LogP contribution >= 0.6 is 0 Å².